The number of aromatic nitrogens is 1. The fraction of sp³-hybridized carbons (Fsp3) is 0.412. The minimum atomic E-state index is 0.0344. The Morgan fingerprint density at radius 1 is 1.39 bits per heavy atom. The van der Waals surface area contributed by atoms with Crippen LogP contribution in [0.3, 0.4) is 0 Å². The monoisotopic (exact) mass is 349 g/mol. The van der Waals surface area contributed by atoms with Gasteiger partial charge in [0.2, 0.25) is 0 Å². The molecule has 0 atom stereocenters. The number of nitrogens with one attached hydrogen (secondary N) is 1. The van der Waals surface area contributed by atoms with E-state index in [1.165, 1.54) is 4.88 Å². The van der Waals surface area contributed by atoms with Gasteiger partial charge in [-0.3, -0.25) is 4.79 Å². The second-order valence-corrected chi connectivity index (χ2v) is 7.50. The Bertz CT molecular complexity index is 680. The number of nitrogens with zero attached hydrogens (tertiary/aromatic N) is 2. The Kier molecular flexibility index (Phi) is 5.30. The molecule has 23 heavy (non-hydrogen) atoms. The van der Waals surface area contributed by atoms with E-state index in [1.807, 2.05) is 30.2 Å². The lowest BCUT2D eigenvalue weighted by molar-refractivity contribution is 0.0705. The quantitative estimate of drug-likeness (QED) is 0.918. The van der Waals surface area contributed by atoms with Gasteiger partial charge in [-0.2, -0.15) is 0 Å². The van der Waals surface area contributed by atoms with Crippen molar-refractivity contribution in [3.63, 3.8) is 0 Å². The van der Waals surface area contributed by atoms with Crippen LogP contribution in [-0.4, -0.2) is 34.9 Å². The number of thiazole rings is 1. The largest absolute Gasteiger partial charge is 0.338 e. The van der Waals surface area contributed by atoms with E-state index in [9.17, 15) is 4.79 Å². The predicted molar refractivity (Wildman–Crippen MR) is 94.1 cm³/mol. The molecule has 3 rings (SSSR count). The smallest absolute Gasteiger partial charge is 0.255 e. The number of piperidine rings is 1. The Balaban J connectivity index is 1.50. The van der Waals surface area contributed by atoms with Gasteiger partial charge in [0.15, 0.2) is 0 Å². The molecule has 0 spiro atoms. The molecule has 0 saturated carbocycles. The number of amides is 1. The summed E-state index contributed by atoms with van der Waals surface area (Å²) < 4.78 is 0. The third kappa shape index (κ3) is 4.10. The molecule has 122 valence electrons. The van der Waals surface area contributed by atoms with Crippen LogP contribution < -0.4 is 5.32 Å². The number of aryl methyl sites for hydroxylation is 1. The van der Waals surface area contributed by atoms with Crippen molar-refractivity contribution in [3.05, 3.63) is 50.9 Å². The van der Waals surface area contributed by atoms with Crippen LogP contribution in [0.15, 0.2) is 30.5 Å². The van der Waals surface area contributed by atoms with Gasteiger partial charge in [0, 0.05) is 36.8 Å². The maximum Gasteiger partial charge on any atom is 0.255 e. The lowest BCUT2D eigenvalue weighted by atomic mass is 10.0. The average molecular weight is 350 g/mol. The number of rotatable bonds is 4. The number of hydrogen-bond donors (Lipinski definition) is 1. The average Bonchev–Trinajstić information content (AvgIpc) is 2.99. The first kappa shape index (κ1) is 16.4. The summed E-state index contributed by atoms with van der Waals surface area (Å²) in [5, 5.41) is 5.19. The van der Waals surface area contributed by atoms with Crippen molar-refractivity contribution in [3.8, 4) is 0 Å². The molecule has 6 heteroatoms. The predicted octanol–water partition coefficient (Wildman–Crippen LogP) is 3.50. The van der Waals surface area contributed by atoms with Gasteiger partial charge in [-0.1, -0.05) is 23.7 Å². The van der Waals surface area contributed by atoms with Gasteiger partial charge < -0.3 is 10.2 Å². The van der Waals surface area contributed by atoms with E-state index >= 15 is 0 Å². The molecule has 0 aliphatic carbocycles. The van der Waals surface area contributed by atoms with Gasteiger partial charge in [-0.05, 0) is 31.9 Å². The summed E-state index contributed by atoms with van der Waals surface area (Å²) >= 11 is 7.85. The van der Waals surface area contributed by atoms with Crippen molar-refractivity contribution < 1.29 is 4.79 Å². The molecule has 0 bridgehead atoms. The second-order valence-electron chi connectivity index (χ2n) is 5.77. The zero-order valence-electron chi connectivity index (χ0n) is 13.1. The van der Waals surface area contributed by atoms with Crippen molar-refractivity contribution in [2.45, 2.75) is 32.4 Å². The highest BCUT2D eigenvalue weighted by Crippen LogP contribution is 2.20. The van der Waals surface area contributed by atoms with Crippen LogP contribution in [0.25, 0.3) is 0 Å². The van der Waals surface area contributed by atoms with Crippen LogP contribution in [0.4, 0.5) is 0 Å². The lowest BCUT2D eigenvalue weighted by Crippen LogP contribution is -2.44. The molecule has 2 aromatic rings. The van der Waals surface area contributed by atoms with E-state index < -0.39 is 0 Å². The van der Waals surface area contributed by atoms with Gasteiger partial charge in [0.05, 0.1) is 15.6 Å². The number of benzene rings is 1. The summed E-state index contributed by atoms with van der Waals surface area (Å²) in [5.74, 6) is 0.0344. The lowest BCUT2D eigenvalue weighted by Gasteiger charge is -2.32. The second kappa shape index (κ2) is 7.43. The molecular formula is C17H20ClN3OS. The zero-order valence-corrected chi connectivity index (χ0v) is 14.7. The zero-order chi connectivity index (χ0) is 16.2. The molecular weight excluding hydrogens is 330 g/mol. The van der Waals surface area contributed by atoms with Gasteiger partial charge in [0.1, 0.15) is 0 Å². The molecule has 4 nitrogen and oxygen atoms in total. The van der Waals surface area contributed by atoms with Gasteiger partial charge >= 0.3 is 0 Å². The van der Waals surface area contributed by atoms with E-state index in [0.29, 0.717) is 16.6 Å². The van der Waals surface area contributed by atoms with Crippen molar-refractivity contribution in [1.29, 1.82) is 0 Å². The minimum Gasteiger partial charge on any atom is -0.338 e. The first-order chi connectivity index (χ1) is 11.1. The topological polar surface area (TPSA) is 45.2 Å². The van der Waals surface area contributed by atoms with E-state index in [0.717, 1.165) is 37.5 Å². The summed E-state index contributed by atoms with van der Waals surface area (Å²) in [5.41, 5.74) is 0.598. The Morgan fingerprint density at radius 2 is 2.13 bits per heavy atom. The maximum atomic E-state index is 12.5. The van der Waals surface area contributed by atoms with Gasteiger partial charge in [-0.15, -0.1) is 11.3 Å². The molecule has 0 radical (unpaired) electrons. The fourth-order valence-corrected chi connectivity index (χ4v) is 3.79. The summed E-state index contributed by atoms with van der Waals surface area (Å²) in [6, 6.07) is 7.70. The molecule has 2 heterocycles. The molecule has 1 aromatic heterocycles. The third-order valence-electron chi connectivity index (χ3n) is 4.12. The summed E-state index contributed by atoms with van der Waals surface area (Å²) in [4.78, 5) is 20.0. The van der Waals surface area contributed by atoms with Gasteiger partial charge in [-0.25, -0.2) is 4.98 Å². The van der Waals surface area contributed by atoms with Crippen LogP contribution in [0.5, 0.6) is 0 Å². The number of carbonyl (C=O) groups excluding carboxylic acids is 1. The van der Waals surface area contributed by atoms with Crippen LogP contribution in [0.1, 0.15) is 33.1 Å². The Hall–Kier alpha value is -1.43. The van der Waals surface area contributed by atoms with E-state index in [2.05, 4.69) is 10.3 Å². The summed E-state index contributed by atoms with van der Waals surface area (Å²) in [7, 11) is 0. The maximum absolute atomic E-state index is 12.5. The van der Waals surface area contributed by atoms with Crippen molar-refractivity contribution in [2.24, 2.45) is 0 Å². The number of hydrogen-bond acceptors (Lipinski definition) is 4. The van der Waals surface area contributed by atoms with E-state index in [4.69, 9.17) is 11.6 Å². The van der Waals surface area contributed by atoms with Crippen molar-refractivity contribution in [2.75, 3.05) is 13.1 Å². The fourth-order valence-electron chi connectivity index (χ4n) is 2.82. The Morgan fingerprint density at radius 3 is 2.78 bits per heavy atom. The molecule has 0 unspecified atom stereocenters. The van der Waals surface area contributed by atoms with Crippen LogP contribution in [0, 0.1) is 6.92 Å². The molecule has 1 aliphatic heterocycles. The molecule has 1 fully saturated rings. The number of carbonyl (C=O) groups is 1. The highest BCUT2D eigenvalue weighted by atomic mass is 35.5. The van der Waals surface area contributed by atoms with Crippen LogP contribution in [-0.2, 0) is 6.54 Å². The number of likely N-dealkylation sites (tertiary alicyclic amines) is 1. The summed E-state index contributed by atoms with van der Waals surface area (Å²) in [6.45, 7) is 4.41. The highest BCUT2D eigenvalue weighted by Gasteiger charge is 2.24. The van der Waals surface area contributed by atoms with Crippen molar-refractivity contribution in [1.82, 2.24) is 15.2 Å². The van der Waals surface area contributed by atoms with Gasteiger partial charge in [0.25, 0.3) is 5.91 Å². The first-order valence-corrected chi connectivity index (χ1v) is 9.01. The standard InChI is InChI=1S/C17H20ClN3OS/c1-12-19-10-14(23-12)11-20-13-6-8-21(9-7-13)17(22)15-4-2-3-5-16(15)18/h2-5,10,13,20H,6-9,11H2,1H3. The van der Waals surface area contributed by atoms with Crippen molar-refractivity contribution >= 4 is 28.8 Å². The third-order valence-corrected chi connectivity index (χ3v) is 5.36. The molecule has 1 aliphatic rings. The Labute approximate surface area is 145 Å². The van der Waals surface area contributed by atoms with Crippen LogP contribution in [0.2, 0.25) is 5.02 Å². The molecule has 1 saturated heterocycles. The van der Waals surface area contributed by atoms with Crippen LogP contribution >= 0.6 is 22.9 Å². The minimum absolute atomic E-state index is 0.0344. The first-order valence-electron chi connectivity index (χ1n) is 7.82. The molecule has 1 N–H and O–H groups in total. The molecule has 1 amide bonds. The van der Waals surface area contributed by atoms with E-state index in [1.54, 1.807) is 23.5 Å². The SMILES string of the molecule is Cc1ncc(CNC2CCN(C(=O)c3ccccc3Cl)CC2)s1. The van der Waals surface area contributed by atoms with E-state index in [-0.39, 0.29) is 5.91 Å². The number of halogens is 1. The highest BCUT2D eigenvalue weighted by molar-refractivity contribution is 7.11. The summed E-state index contributed by atoms with van der Waals surface area (Å²) in [6.07, 6.45) is 3.87. The normalized spacial score (nSPS) is 15.8. The molecule has 1 aromatic carbocycles.